The molecule has 3 aromatic carbocycles. The number of carbonyl (C=O) groups is 1. The van der Waals surface area contributed by atoms with Crippen LogP contribution in [0.2, 0.25) is 0 Å². The molecule has 0 fully saturated rings. The van der Waals surface area contributed by atoms with Gasteiger partial charge in [0.1, 0.15) is 0 Å². The highest BCUT2D eigenvalue weighted by Crippen LogP contribution is 2.34. The fourth-order valence-electron chi connectivity index (χ4n) is 4.34. The van der Waals surface area contributed by atoms with Crippen LogP contribution in [0.15, 0.2) is 59.5 Å². The minimum atomic E-state index is -4.04. The molecule has 5 nitrogen and oxygen atoms in total. The topological polar surface area (TPSA) is 66.5 Å². The SMILES string of the molecule is CC(C)c1cc(-c2ccc(F)c(F)c2)cc(C(C)C)c1CC(=O)NS(=O)(=O)c1ccc(CN(C)C)cc1. The summed E-state index contributed by atoms with van der Waals surface area (Å²) in [5.74, 6) is -2.48. The lowest BCUT2D eigenvalue weighted by molar-refractivity contribution is -0.118. The van der Waals surface area contributed by atoms with Crippen molar-refractivity contribution in [2.24, 2.45) is 0 Å². The predicted molar refractivity (Wildman–Crippen MR) is 143 cm³/mol. The molecule has 3 rings (SSSR count). The lowest BCUT2D eigenvalue weighted by Crippen LogP contribution is -2.32. The minimum Gasteiger partial charge on any atom is -0.305 e. The summed E-state index contributed by atoms with van der Waals surface area (Å²) in [7, 11) is -0.196. The molecule has 0 unspecified atom stereocenters. The maximum atomic E-state index is 13.9. The van der Waals surface area contributed by atoms with Gasteiger partial charge in [0, 0.05) is 6.54 Å². The van der Waals surface area contributed by atoms with Crippen molar-refractivity contribution in [2.75, 3.05) is 14.1 Å². The van der Waals surface area contributed by atoms with Gasteiger partial charge in [0.05, 0.1) is 11.3 Å². The highest BCUT2D eigenvalue weighted by atomic mass is 32.2. The van der Waals surface area contributed by atoms with Crippen molar-refractivity contribution in [2.45, 2.75) is 57.4 Å². The number of rotatable bonds is 9. The van der Waals surface area contributed by atoms with E-state index < -0.39 is 27.6 Å². The third-order valence-corrected chi connectivity index (χ3v) is 7.52. The molecule has 1 N–H and O–H groups in total. The molecule has 0 spiro atoms. The lowest BCUT2D eigenvalue weighted by Gasteiger charge is -2.22. The average molecular weight is 529 g/mol. The maximum absolute atomic E-state index is 13.9. The van der Waals surface area contributed by atoms with Crippen LogP contribution in [0.4, 0.5) is 8.78 Å². The van der Waals surface area contributed by atoms with Crippen molar-refractivity contribution in [1.29, 1.82) is 0 Å². The molecule has 1 amide bonds. The van der Waals surface area contributed by atoms with Crippen LogP contribution in [0.3, 0.4) is 0 Å². The smallest absolute Gasteiger partial charge is 0.264 e. The summed E-state index contributed by atoms with van der Waals surface area (Å²) in [5, 5.41) is 0. The number of benzene rings is 3. The van der Waals surface area contributed by atoms with Crippen molar-refractivity contribution in [3.8, 4) is 11.1 Å². The Kier molecular flexibility index (Phi) is 8.87. The van der Waals surface area contributed by atoms with Crippen molar-refractivity contribution in [1.82, 2.24) is 9.62 Å². The molecule has 0 heterocycles. The standard InChI is InChI=1S/C29H34F2N2O3S/c1-18(2)24-13-22(21-9-12-27(30)28(31)15-21)14-25(19(3)4)26(24)16-29(34)32-37(35,36)23-10-7-20(8-11-23)17-33(5)6/h7-15,18-19H,16-17H2,1-6H3,(H,32,34). The van der Waals surface area contributed by atoms with E-state index in [0.29, 0.717) is 17.7 Å². The maximum Gasteiger partial charge on any atom is 0.264 e. The zero-order chi connectivity index (χ0) is 27.5. The first-order chi connectivity index (χ1) is 17.3. The number of nitrogens with zero attached hydrogens (tertiary/aromatic N) is 1. The predicted octanol–water partition coefficient (Wildman–Crippen LogP) is 5.99. The molecule has 0 aliphatic carbocycles. The summed E-state index contributed by atoms with van der Waals surface area (Å²) in [6.45, 7) is 8.57. The molecular formula is C29H34F2N2O3S. The first-order valence-electron chi connectivity index (χ1n) is 12.2. The summed E-state index contributed by atoms with van der Waals surface area (Å²) < 4.78 is 55.4. The monoisotopic (exact) mass is 528 g/mol. The fraction of sp³-hybridized carbons (Fsp3) is 0.345. The van der Waals surface area contributed by atoms with E-state index in [9.17, 15) is 22.0 Å². The molecule has 0 saturated heterocycles. The Balaban J connectivity index is 1.93. The minimum absolute atomic E-state index is 0.00592. The van der Waals surface area contributed by atoms with Gasteiger partial charge in [-0.1, -0.05) is 58.0 Å². The van der Waals surface area contributed by atoms with Crippen LogP contribution in [0, 0.1) is 11.6 Å². The third-order valence-electron chi connectivity index (χ3n) is 6.13. The molecule has 3 aromatic rings. The second-order valence-electron chi connectivity index (χ2n) is 10.2. The Labute approximate surface area is 218 Å². The molecule has 0 atom stereocenters. The first-order valence-corrected chi connectivity index (χ1v) is 13.7. The van der Waals surface area contributed by atoms with Crippen LogP contribution >= 0.6 is 0 Å². The summed E-state index contributed by atoms with van der Waals surface area (Å²) in [6.07, 6.45) is -0.128. The number of nitrogens with one attached hydrogen (secondary N) is 1. The Morgan fingerprint density at radius 3 is 1.89 bits per heavy atom. The molecule has 8 heteroatoms. The quantitative estimate of drug-likeness (QED) is 0.371. The Morgan fingerprint density at radius 2 is 1.41 bits per heavy atom. The highest BCUT2D eigenvalue weighted by Gasteiger charge is 2.23. The van der Waals surface area contributed by atoms with E-state index in [1.807, 2.05) is 58.8 Å². The molecule has 0 aromatic heterocycles. The molecule has 0 aliphatic heterocycles. The van der Waals surface area contributed by atoms with Crippen LogP contribution in [0.1, 0.15) is 61.8 Å². The first kappa shape index (κ1) is 28.5. The lowest BCUT2D eigenvalue weighted by atomic mass is 9.84. The molecule has 0 saturated carbocycles. The van der Waals surface area contributed by atoms with E-state index in [2.05, 4.69) is 4.72 Å². The van der Waals surface area contributed by atoms with Gasteiger partial charge in [-0.05, 0) is 83.6 Å². The largest absolute Gasteiger partial charge is 0.305 e. The van der Waals surface area contributed by atoms with Crippen LogP contribution in [0.25, 0.3) is 11.1 Å². The van der Waals surface area contributed by atoms with E-state index in [4.69, 9.17) is 0 Å². The number of halogens is 2. The summed E-state index contributed by atoms with van der Waals surface area (Å²) in [5.41, 5.74) is 4.64. The van der Waals surface area contributed by atoms with Gasteiger partial charge in [-0.2, -0.15) is 0 Å². The van der Waals surface area contributed by atoms with Crippen molar-refractivity contribution < 1.29 is 22.0 Å². The van der Waals surface area contributed by atoms with Gasteiger partial charge in [0.15, 0.2) is 11.6 Å². The molecule has 0 radical (unpaired) electrons. The molecule has 0 aliphatic rings. The Hall–Kier alpha value is -3.10. The molecule has 37 heavy (non-hydrogen) atoms. The zero-order valence-electron chi connectivity index (χ0n) is 22.1. The third kappa shape index (κ3) is 7.02. The second-order valence-corrected chi connectivity index (χ2v) is 11.8. The van der Waals surface area contributed by atoms with E-state index in [0.717, 1.165) is 34.4 Å². The number of hydrogen-bond donors (Lipinski definition) is 1. The van der Waals surface area contributed by atoms with Gasteiger partial charge in [-0.25, -0.2) is 21.9 Å². The van der Waals surface area contributed by atoms with Crippen molar-refractivity contribution >= 4 is 15.9 Å². The van der Waals surface area contributed by atoms with Gasteiger partial charge in [-0.3, -0.25) is 4.79 Å². The Morgan fingerprint density at radius 1 is 0.838 bits per heavy atom. The molecular weight excluding hydrogens is 494 g/mol. The van der Waals surface area contributed by atoms with Crippen LogP contribution < -0.4 is 4.72 Å². The van der Waals surface area contributed by atoms with Crippen LogP contribution in [0.5, 0.6) is 0 Å². The summed E-state index contributed by atoms with van der Waals surface area (Å²) >= 11 is 0. The molecule has 198 valence electrons. The highest BCUT2D eigenvalue weighted by molar-refractivity contribution is 7.90. The average Bonchev–Trinajstić information content (AvgIpc) is 2.80. The van der Waals surface area contributed by atoms with E-state index in [1.54, 1.807) is 12.1 Å². The van der Waals surface area contributed by atoms with Gasteiger partial charge >= 0.3 is 0 Å². The van der Waals surface area contributed by atoms with Crippen molar-refractivity contribution in [3.05, 3.63) is 88.5 Å². The van der Waals surface area contributed by atoms with Gasteiger partial charge < -0.3 is 4.90 Å². The van der Waals surface area contributed by atoms with Crippen molar-refractivity contribution in [3.63, 3.8) is 0 Å². The van der Waals surface area contributed by atoms with Gasteiger partial charge in [0.25, 0.3) is 10.0 Å². The Bertz CT molecular complexity index is 1350. The number of hydrogen-bond acceptors (Lipinski definition) is 4. The van der Waals surface area contributed by atoms with Gasteiger partial charge in [-0.15, -0.1) is 0 Å². The number of carbonyl (C=O) groups excluding carboxylic acids is 1. The zero-order valence-corrected chi connectivity index (χ0v) is 22.9. The summed E-state index contributed by atoms with van der Waals surface area (Å²) in [6, 6.07) is 13.9. The number of sulfonamides is 1. The van der Waals surface area contributed by atoms with E-state index >= 15 is 0 Å². The van der Waals surface area contributed by atoms with Crippen LogP contribution in [-0.4, -0.2) is 33.3 Å². The van der Waals surface area contributed by atoms with E-state index in [1.165, 1.54) is 18.2 Å². The van der Waals surface area contributed by atoms with E-state index in [-0.39, 0.29) is 23.2 Å². The fourth-order valence-corrected chi connectivity index (χ4v) is 5.32. The molecule has 0 bridgehead atoms. The normalized spacial score (nSPS) is 12.0. The van der Waals surface area contributed by atoms with Crippen LogP contribution in [-0.2, 0) is 27.8 Å². The second kappa shape index (κ2) is 11.5. The number of amides is 1. The summed E-state index contributed by atoms with van der Waals surface area (Å²) in [4.78, 5) is 15.0. The van der Waals surface area contributed by atoms with Gasteiger partial charge in [0.2, 0.25) is 5.91 Å².